The van der Waals surface area contributed by atoms with Crippen molar-refractivity contribution in [1.82, 2.24) is 0 Å². The Morgan fingerprint density at radius 3 is 2.70 bits per heavy atom. The Hall–Kier alpha value is 0.0900. The van der Waals surface area contributed by atoms with Crippen LogP contribution < -0.4 is 0 Å². The molecule has 4 saturated carbocycles. The van der Waals surface area contributed by atoms with Crippen molar-refractivity contribution in [3.63, 3.8) is 0 Å². The van der Waals surface area contributed by atoms with E-state index < -0.39 is 0 Å². The van der Waals surface area contributed by atoms with Crippen molar-refractivity contribution in [2.24, 2.45) is 39.9 Å². The summed E-state index contributed by atoms with van der Waals surface area (Å²) in [5, 5.41) is 0.920. The fourth-order valence-electron chi connectivity index (χ4n) is 9.42. The van der Waals surface area contributed by atoms with E-state index in [1.165, 1.54) is 44.9 Å². The molecule has 0 bridgehead atoms. The van der Waals surface area contributed by atoms with Gasteiger partial charge in [-0.3, -0.25) is 0 Å². The highest BCUT2D eigenvalue weighted by atomic mass is 32.2. The molecule has 1 heteroatoms. The van der Waals surface area contributed by atoms with Gasteiger partial charge in [-0.25, -0.2) is 0 Å². The predicted molar refractivity (Wildman–Crippen MR) is 119 cm³/mol. The van der Waals surface area contributed by atoms with Gasteiger partial charge < -0.3 is 0 Å². The minimum absolute atomic E-state index is 0.678. The molecular weight excluding hydrogens is 344 g/mol. The zero-order valence-corrected chi connectivity index (χ0v) is 19.2. The van der Waals surface area contributed by atoms with Crippen molar-refractivity contribution in [3.8, 4) is 0 Å². The van der Waals surface area contributed by atoms with Gasteiger partial charge in [0.1, 0.15) is 0 Å². The van der Waals surface area contributed by atoms with Gasteiger partial charge in [-0.05, 0) is 98.5 Å². The molecule has 0 radical (unpaired) electrons. The van der Waals surface area contributed by atoms with Crippen LogP contribution in [0.2, 0.25) is 0 Å². The number of hydrogen-bond acceptors (Lipinski definition) is 1. The molecule has 5 aliphatic carbocycles. The molecule has 7 atom stereocenters. The molecule has 5 rings (SSSR count). The molecule has 0 N–H and O–H groups in total. The number of allylic oxidation sites excluding steroid dienone is 2. The smallest absolute Gasteiger partial charge is 0.00819 e. The van der Waals surface area contributed by atoms with E-state index >= 15 is 0 Å². The first kappa shape index (κ1) is 19.1. The van der Waals surface area contributed by atoms with Crippen LogP contribution in [0.3, 0.4) is 0 Å². The summed E-state index contributed by atoms with van der Waals surface area (Å²) < 4.78 is 0. The highest BCUT2D eigenvalue weighted by Crippen LogP contribution is 2.90. The van der Waals surface area contributed by atoms with E-state index in [0.717, 1.165) is 34.3 Å². The lowest BCUT2D eigenvalue weighted by Gasteiger charge is -2.45. The van der Waals surface area contributed by atoms with Gasteiger partial charge in [-0.15, -0.1) is 0 Å². The fraction of sp³-hybridized carbons (Fsp3) is 0.923. The molecule has 0 aromatic rings. The van der Waals surface area contributed by atoms with Crippen LogP contribution in [-0.2, 0) is 0 Å². The van der Waals surface area contributed by atoms with Crippen LogP contribution in [0.4, 0.5) is 0 Å². The molecule has 2 spiro atoms. The highest BCUT2D eigenvalue weighted by Gasteiger charge is 2.84. The molecule has 0 aromatic heterocycles. The van der Waals surface area contributed by atoms with Crippen LogP contribution in [-0.4, -0.2) is 11.5 Å². The van der Waals surface area contributed by atoms with Crippen molar-refractivity contribution < 1.29 is 0 Å². The molecule has 0 saturated heterocycles. The van der Waals surface area contributed by atoms with Crippen molar-refractivity contribution in [2.75, 3.05) is 6.26 Å². The molecule has 27 heavy (non-hydrogen) atoms. The monoisotopic (exact) mass is 386 g/mol. The molecule has 0 nitrogen and oxygen atoms in total. The Labute approximate surface area is 172 Å². The maximum atomic E-state index is 2.76. The van der Waals surface area contributed by atoms with E-state index in [2.05, 4.69) is 44.9 Å². The highest BCUT2D eigenvalue weighted by molar-refractivity contribution is 7.99. The maximum absolute atomic E-state index is 2.76. The van der Waals surface area contributed by atoms with Gasteiger partial charge in [0.05, 0.1) is 0 Å². The third-order valence-electron chi connectivity index (χ3n) is 10.6. The number of fused-ring (bicyclic) bond motifs is 1. The summed E-state index contributed by atoms with van der Waals surface area (Å²) in [5.41, 5.74) is 4.07. The Morgan fingerprint density at radius 1 is 1.07 bits per heavy atom. The first-order valence-corrected chi connectivity index (χ1v) is 13.5. The van der Waals surface area contributed by atoms with Crippen LogP contribution in [0.5, 0.6) is 0 Å². The second kappa shape index (κ2) is 6.55. The van der Waals surface area contributed by atoms with Gasteiger partial charge in [-0.1, -0.05) is 51.7 Å². The first-order valence-electron chi connectivity index (χ1n) is 12.2. The van der Waals surface area contributed by atoms with Gasteiger partial charge in [0.25, 0.3) is 0 Å². The van der Waals surface area contributed by atoms with Crippen LogP contribution in [0.15, 0.2) is 11.6 Å². The van der Waals surface area contributed by atoms with Gasteiger partial charge in [0.2, 0.25) is 0 Å². The zero-order chi connectivity index (χ0) is 18.9. The summed E-state index contributed by atoms with van der Waals surface area (Å²) in [6, 6.07) is 0. The predicted octanol–water partition coefficient (Wildman–Crippen LogP) is 7.88. The second-order valence-corrected chi connectivity index (χ2v) is 12.8. The number of thioether (sulfide) groups is 1. The van der Waals surface area contributed by atoms with Crippen LogP contribution in [0.25, 0.3) is 0 Å². The molecule has 5 aliphatic rings. The first-order chi connectivity index (χ1) is 13.0. The van der Waals surface area contributed by atoms with Gasteiger partial charge in [0, 0.05) is 10.7 Å². The molecule has 0 heterocycles. The Morgan fingerprint density at radius 2 is 1.93 bits per heavy atom. The molecule has 0 amide bonds. The second-order valence-electron chi connectivity index (χ2n) is 11.6. The zero-order valence-electron chi connectivity index (χ0n) is 18.4. The van der Waals surface area contributed by atoms with E-state index in [9.17, 15) is 0 Å². The number of rotatable bonds is 6. The van der Waals surface area contributed by atoms with Crippen molar-refractivity contribution in [1.29, 1.82) is 0 Å². The average Bonchev–Trinajstić information content (AvgIpc) is 2.89. The van der Waals surface area contributed by atoms with Gasteiger partial charge in [0.15, 0.2) is 0 Å². The number of unbranched alkanes of at least 4 members (excludes halogenated alkanes) is 1. The molecule has 7 unspecified atom stereocenters. The van der Waals surface area contributed by atoms with E-state index in [-0.39, 0.29) is 0 Å². The van der Waals surface area contributed by atoms with Crippen molar-refractivity contribution in [2.45, 2.75) is 103 Å². The molecule has 152 valence electrons. The maximum Gasteiger partial charge on any atom is 0.00819 e. The lowest BCUT2D eigenvalue weighted by molar-refractivity contribution is 0.0332. The molecule has 0 aromatic carbocycles. The molecular formula is C26H42S. The standard InChI is InChI=1S/C26H42S/c1-18(2)7-5-6-8-19-9-10-22-24(19,3)14-13-23-25-16-12-21(27-4)17-20(25)11-15-26(22,23)25/h11,18-19,21-23H,5-10,12-17H2,1-4H3. The lowest BCUT2D eigenvalue weighted by atomic mass is 9.59. The average molecular weight is 387 g/mol. The van der Waals surface area contributed by atoms with Gasteiger partial charge in [-0.2, -0.15) is 11.8 Å². The topological polar surface area (TPSA) is 0 Å². The molecule has 4 fully saturated rings. The third-order valence-corrected chi connectivity index (χ3v) is 11.6. The Balaban J connectivity index is 1.32. The summed E-state index contributed by atoms with van der Waals surface area (Å²) in [7, 11) is 0. The quantitative estimate of drug-likeness (QED) is 0.330. The number of hydrogen-bond donors (Lipinski definition) is 0. The normalized spacial score (nSPS) is 50.0. The summed E-state index contributed by atoms with van der Waals surface area (Å²) in [4.78, 5) is 0. The summed E-state index contributed by atoms with van der Waals surface area (Å²) in [6.45, 7) is 7.52. The van der Waals surface area contributed by atoms with Crippen molar-refractivity contribution >= 4 is 11.8 Å². The third kappa shape index (κ3) is 2.42. The van der Waals surface area contributed by atoms with Crippen LogP contribution in [0, 0.1) is 39.9 Å². The van der Waals surface area contributed by atoms with E-state index in [1.54, 1.807) is 32.1 Å². The summed E-state index contributed by atoms with van der Waals surface area (Å²) in [5.74, 6) is 4.06. The van der Waals surface area contributed by atoms with E-state index in [4.69, 9.17) is 0 Å². The Bertz CT molecular complexity index is 620. The molecule has 0 aliphatic heterocycles. The largest absolute Gasteiger partial charge is 0.162 e. The minimum Gasteiger partial charge on any atom is -0.162 e. The summed E-state index contributed by atoms with van der Waals surface area (Å²) >= 11 is 2.13. The fourth-order valence-corrected chi connectivity index (χ4v) is 10.1. The lowest BCUT2D eigenvalue weighted by Crippen LogP contribution is -2.39. The van der Waals surface area contributed by atoms with Gasteiger partial charge >= 0.3 is 0 Å². The SMILES string of the molecule is CSC1CCC23C(=CCC24C2CCC(CCCCC(C)C)C2(C)CCC34)C1. The van der Waals surface area contributed by atoms with E-state index in [1.807, 2.05) is 5.57 Å². The summed E-state index contributed by atoms with van der Waals surface area (Å²) in [6.07, 6.45) is 23.2. The van der Waals surface area contributed by atoms with Crippen molar-refractivity contribution in [3.05, 3.63) is 11.6 Å². The van der Waals surface area contributed by atoms with Crippen LogP contribution in [0.1, 0.15) is 97.8 Å². The Kier molecular flexibility index (Phi) is 4.63. The minimum atomic E-state index is 0.678. The van der Waals surface area contributed by atoms with E-state index in [0.29, 0.717) is 10.8 Å². The van der Waals surface area contributed by atoms with Crippen LogP contribution >= 0.6 is 11.8 Å².